The number of amides is 1. The van der Waals surface area contributed by atoms with E-state index in [0.717, 1.165) is 11.3 Å². The van der Waals surface area contributed by atoms with Crippen LogP contribution in [0, 0.1) is 5.41 Å². The summed E-state index contributed by atoms with van der Waals surface area (Å²) in [6, 6.07) is 8.20. The Morgan fingerprint density at radius 1 is 1.32 bits per heavy atom. The second-order valence-corrected chi connectivity index (χ2v) is 9.30. The van der Waals surface area contributed by atoms with E-state index >= 15 is 0 Å². The molecule has 0 saturated carbocycles. The van der Waals surface area contributed by atoms with Crippen molar-refractivity contribution in [1.29, 1.82) is 0 Å². The monoisotopic (exact) mass is 380 g/mol. The van der Waals surface area contributed by atoms with Gasteiger partial charge in [0.25, 0.3) is 10.0 Å². The molecule has 1 aromatic heterocycles. The van der Waals surface area contributed by atoms with Crippen molar-refractivity contribution in [3.05, 3.63) is 35.7 Å². The van der Waals surface area contributed by atoms with Gasteiger partial charge < -0.3 is 9.64 Å². The molecule has 25 heavy (non-hydrogen) atoms. The SMILES string of the molecule is CCN1C(=O)C(C)(C)COc2ccc(NS(=O)(=O)c3cccs3)cc21. The molecular weight excluding hydrogens is 360 g/mol. The Labute approximate surface area is 151 Å². The molecule has 1 N–H and O–H groups in total. The van der Waals surface area contributed by atoms with E-state index in [1.807, 2.05) is 20.8 Å². The van der Waals surface area contributed by atoms with E-state index < -0.39 is 15.4 Å². The average Bonchev–Trinajstić information content (AvgIpc) is 3.07. The third kappa shape index (κ3) is 3.36. The fourth-order valence-electron chi connectivity index (χ4n) is 2.64. The standard InChI is InChI=1S/C17H20N2O4S2/c1-4-19-13-10-12(18-25(21,22)15-6-5-9-24-15)7-8-14(13)23-11-17(2,3)16(19)20/h5-10,18H,4,11H2,1-3H3. The van der Waals surface area contributed by atoms with E-state index in [0.29, 0.717) is 23.7 Å². The first-order valence-corrected chi connectivity index (χ1v) is 10.3. The normalized spacial score (nSPS) is 16.8. The number of rotatable bonds is 4. The Morgan fingerprint density at radius 3 is 2.72 bits per heavy atom. The van der Waals surface area contributed by atoms with Crippen molar-refractivity contribution >= 4 is 38.6 Å². The number of benzene rings is 1. The molecule has 1 aromatic carbocycles. The minimum absolute atomic E-state index is 0.0491. The van der Waals surface area contributed by atoms with Gasteiger partial charge in [0.1, 0.15) is 16.6 Å². The van der Waals surface area contributed by atoms with E-state index in [-0.39, 0.29) is 16.7 Å². The quantitative estimate of drug-likeness (QED) is 0.883. The topological polar surface area (TPSA) is 75.7 Å². The lowest BCUT2D eigenvalue weighted by Gasteiger charge is -2.27. The molecule has 3 rings (SSSR count). The van der Waals surface area contributed by atoms with Crippen LogP contribution in [0.3, 0.4) is 0 Å². The lowest BCUT2D eigenvalue weighted by molar-refractivity contribution is -0.127. The number of carbonyl (C=O) groups excluding carboxylic acids is 1. The molecule has 134 valence electrons. The molecule has 0 atom stereocenters. The van der Waals surface area contributed by atoms with Crippen LogP contribution in [-0.4, -0.2) is 27.5 Å². The van der Waals surface area contributed by atoms with Gasteiger partial charge >= 0.3 is 0 Å². The number of hydrogen-bond acceptors (Lipinski definition) is 5. The van der Waals surface area contributed by atoms with E-state index in [1.54, 1.807) is 40.6 Å². The Hall–Kier alpha value is -2.06. The first-order valence-electron chi connectivity index (χ1n) is 7.90. The Kier molecular flexibility index (Phi) is 4.51. The summed E-state index contributed by atoms with van der Waals surface area (Å²) in [6.45, 7) is 6.30. The second-order valence-electron chi connectivity index (χ2n) is 6.44. The van der Waals surface area contributed by atoms with Gasteiger partial charge in [-0.1, -0.05) is 6.07 Å². The first kappa shape index (κ1) is 17.8. The van der Waals surface area contributed by atoms with Gasteiger partial charge in [0.15, 0.2) is 0 Å². The molecule has 0 bridgehead atoms. The molecule has 0 unspecified atom stereocenters. The highest BCUT2D eigenvalue weighted by molar-refractivity contribution is 7.94. The molecule has 2 aromatic rings. The zero-order valence-electron chi connectivity index (χ0n) is 14.3. The molecule has 1 aliphatic heterocycles. The number of anilines is 2. The van der Waals surface area contributed by atoms with Crippen molar-refractivity contribution in [1.82, 2.24) is 0 Å². The third-order valence-corrected chi connectivity index (χ3v) is 6.77. The summed E-state index contributed by atoms with van der Waals surface area (Å²) in [4.78, 5) is 14.4. The number of nitrogens with one attached hydrogen (secondary N) is 1. The van der Waals surface area contributed by atoms with E-state index in [1.165, 1.54) is 0 Å². The Balaban J connectivity index is 1.98. The van der Waals surface area contributed by atoms with Crippen LogP contribution < -0.4 is 14.4 Å². The van der Waals surface area contributed by atoms with E-state index in [4.69, 9.17) is 4.74 Å². The minimum atomic E-state index is -3.64. The number of ether oxygens (including phenoxy) is 1. The zero-order chi connectivity index (χ0) is 18.2. The maximum absolute atomic E-state index is 12.8. The number of thiophene rings is 1. The van der Waals surface area contributed by atoms with Crippen molar-refractivity contribution in [2.24, 2.45) is 5.41 Å². The molecule has 0 aliphatic carbocycles. The van der Waals surface area contributed by atoms with Crippen LogP contribution in [0.4, 0.5) is 11.4 Å². The average molecular weight is 380 g/mol. The maximum atomic E-state index is 12.8. The highest BCUT2D eigenvalue weighted by atomic mass is 32.2. The summed E-state index contributed by atoms with van der Waals surface area (Å²) in [6.07, 6.45) is 0. The molecule has 0 saturated heterocycles. The van der Waals surface area contributed by atoms with Crippen LogP contribution in [0.5, 0.6) is 5.75 Å². The van der Waals surface area contributed by atoms with Crippen molar-refractivity contribution in [3.8, 4) is 5.75 Å². The van der Waals surface area contributed by atoms with Gasteiger partial charge in [0.05, 0.1) is 16.8 Å². The zero-order valence-corrected chi connectivity index (χ0v) is 15.9. The fraction of sp³-hybridized carbons (Fsp3) is 0.353. The van der Waals surface area contributed by atoms with Crippen LogP contribution >= 0.6 is 11.3 Å². The van der Waals surface area contributed by atoms with Crippen molar-refractivity contribution < 1.29 is 17.9 Å². The van der Waals surface area contributed by atoms with Gasteiger partial charge in [-0.05, 0) is 50.4 Å². The van der Waals surface area contributed by atoms with Crippen LogP contribution in [-0.2, 0) is 14.8 Å². The number of hydrogen-bond donors (Lipinski definition) is 1. The predicted molar refractivity (Wildman–Crippen MR) is 98.9 cm³/mol. The van der Waals surface area contributed by atoms with Gasteiger partial charge in [-0.3, -0.25) is 9.52 Å². The highest BCUT2D eigenvalue weighted by Crippen LogP contribution is 2.38. The second kappa shape index (κ2) is 6.34. The Morgan fingerprint density at radius 2 is 2.08 bits per heavy atom. The van der Waals surface area contributed by atoms with Gasteiger partial charge in [-0.2, -0.15) is 0 Å². The summed E-state index contributed by atoms with van der Waals surface area (Å²) < 4.78 is 33.4. The number of sulfonamides is 1. The third-order valence-electron chi connectivity index (χ3n) is 3.99. The van der Waals surface area contributed by atoms with Crippen molar-refractivity contribution in [2.45, 2.75) is 25.0 Å². The van der Waals surface area contributed by atoms with Gasteiger partial charge in [0.2, 0.25) is 5.91 Å². The lowest BCUT2D eigenvalue weighted by atomic mass is 9.93. The van der Waals surface area contributed by atoms with Crippen LogP contribution in [0.25, 0.3) is 0 Å². The molecule has 8 heteroatoms. The number of fused-ring (bicyclic) bond motifs is 1. The molecule has 0 spiro atoms. The van der Waals surface area contributed by atoms with Gasteiger partial charge in [0, 0.05) is 6.54 Å². The minimum Gasteiger partial charge on any atom is -0.490 e. The van der Waals surface area contributed by atoms with E-state index in [9.17, 15) is 13.2 Å². The summed E-state index contributed by atoms with van der Waals surface area (Å²) in [5.41, 5.74) is 0.317. The van der Waals surface area contributed by atoms with Crippen molar-refractivity contribution in [2.75, 3.05) is 22.8 Å². The van der Waals surface area contributed by atoms with Gasteiger partial charge in [-0.25, -0.2) is 8.42 Å². The highest BCUT2D eigenvalue weighted by Gasteiger charge is 2.37. The first-order chi connectivity index (χ1) is 11.7. The number of carbonyl (C=O) groups is 1. The molecule has 1 aliphatic rings. The summed E-state index contributed by atoms with van der Waals surface area (Å²) in [5, 5.41) is 1.71. The summed E-state index contributed by atoms with van der Waals surface area (Å²) in [5.74, 6) is 0.520. The summed E-state index contributed by atoms with van der Waals surface area (Å²) in [7, 11) is -3.64. The largest absolute Gasteiger partial charge is 0.490 e. The smallest absolute Gasteiger partial charge is 0.271 e. The van der Waals surface area contributed by atoms with Crippen LogP contribution in [0.1, 0.15) is 20.8 Å². The maximum Gasteiger partial charge on any atom is 0.271 e. The molecule has 0 fully saturated rings. The Bertz CT molecular complexity index is 889. The van der Waals surface area contributed by atoms with Gasteiger partial charge in [-0.15, -0.1) is 11.3 Å². The predicted octanol–water partition coefficient (Wildman–Crippen LogP) is 3.32. The molecule has 6 nitrogen and oxygen atoms in total. The summed E-state index contributed by atoms with van der Waals surface area (Å²) >= 11 is 1.15. The molecule has 1 amide bonds. The van der Waals surface area contributed by atoms with E-state index in [2.05, 4.69) is 4.72 Å². The van der Waals surface area contributed by atoms with Crippen molar-refractivity contribution in [3.63, 3.8) is 0 Å². The fourth-order valence-corrected chi connectivity index (χ4v) is 4.69. The molecule has 0 radical (unpaired) electrons. The lowest BCUT2D eigenvalue weighted by Crippen LogP contribution is -2.42. The van der Waals surface area contributed by atoms with Crippen LogP contribution in [0.15, 0.2) is 39.9 Å². The number of nitrogens with zero attached hydrogens (tertiary/aromatic N) is 1. The molecule has 2 heterocycles. The molecular formula is C17H20N2O4S2. The van der Waals surface area contributed by atoms with Crippen LogP contribution in [0.2, 0.25) is 0 Å².